The number of aromatic nitrogens is 4. The maximum atomic E-state index is 12.6. The van der Waals surface area contributed by atoms with Crippen LogP contribution in [0.2, 0.25) is 0 Å². The normalized spacial score (nSPS) is 26.2. The number of carbonyl (C=O) groups excluding carboxylic acids is 1. The minimum absolute atomic E-state index is 0. The number of likely N-dealkylation sites (tertiary alicyclic amines) is 1. The van der Waals surface area contributed by atoms with Crippen molar-refractivity contribution in [3.05, 3.63) is 5.82 Å². The molecule has 3 fully saturated rings. The third-order valence-electron chi connectivity index (χ3n) is 5.91. The summed E-state index contributed by atoms with van der Waals surface area (Å²) >= 11 is 1.85. The summed E-state index contributed by atoms with van der Waals surface area (Å²) in [7, 11) is 0. The summed E-state index contributed by atoms with van der Waals surface area (Å²) in [6.45, 7) is 10.2. The van der Waals surface area contributed by atoms with E-state index in [0.717, 1.165) is 62.9 Å². The molecule has 1 aromatic rings. The molecule has 3 aliphatic rings. The Hall–Kier alpha value is -0.610. The van der Waals surface area contributed by atoms with Crippen LogP contribution in [0.5, 0.6) is 0 Å². The number of amides is 1. The zero-order valence-electron chi connectivity index (χ0n) is 17.4. The molecule has 1 aromatic heterocycles. The van der Waals surface area contributed by atoms with Crippen LogP contribution < -0.4 is 5.32 Å². The molecule has 4 rings (SSSR count). The largest absolute Gasteiger partial charge is 0.331 e. The van der Waals surface area contributed by atoms with Crippen LogP contribution in [-0.2, 0) is 10.3 Å². The molecule has 0 radical (unpaired) electrons. The van der Waals surface area contributed by atoms with Crippen molar-refractivity contribution in [2.45, 2.75) is 63.6 Å². The number of halogens is 2. The maximum absolute atomic E-state index is 12.6. The van der Waals surface area contributed by atoms with Gasteiger partial charge >= 0.3 is 0 Å². The molecule has 3 aliphatic heterocycles. The molecule has 1 N–H and O–H groups in total. The van der Waals surface area contributed by atoms with Gasteiger partial charge in [-0.2, -0.15) is 4.80 Å². The van der Waals surface area contributed by atoms with E-state index in [9.17, 15) is 4.79 Å². The molecule has 0 bridgehead atoms. The van der Waals surface area contributed by atoms with Crippen molar-refractivity contribution in [2.75, 3.05) is 37.8 Å². The van der Waals surface area contributed by atoms with Gasteiger partial charge in [-0.05, 0) is 58.3 Å². The van der Waals surface area contributed by atoms with Gasteiger partial charge in [0.15, 0.2) is 5.82 Å². The lowest BCUT2D eigenvalue weighted by Gasteiger charge is -2.34. The lowest BCUT2D eigenvalue weighted by atomic mass is 9.94. The van der Waals surface area contributed by atoms with Crippen molar-refractivity contribution in [3.8, 4) is 0 Å². The van der Waals surface area contributed by atoms with E-state index in [2.05, 4.69) is 46.4 Å². The standard InChI is InChI=1S/C18H31N7OS.2ClH/c1-18(2,3)25-21-16(20-22-25)13-4-6-23(7-5-13)14-10-15(19-11-14)17(26)24-8-9-27-12-24;;/h13-15,19H,4-12H2,1-3H3;2*1H/t14-,15-;;/m0../s1. The van der Waals surface area contributed by atoms with Gasteiger partial charge in [0.25, 0.3) is 0 Å². The molecule has 166 valence electrons. The Morgan fingerprint density at radius 2 is 1.90 bits per heavy atom. The van der Waals surface area contributed by atoms with Gasteiger partial charge in [-0.15, -0.1) is 46.8 Å². The second kappa shape index (κ2) is 10.1. The summed E-state index contributed by atoms with van der Waals surface area (Å²) in [5.74, 6) is 3.50. The van der Waals surface area contributed by atoms with E-state index in [-0.39, 0.29) is 36.4 Å². The molecule has 0 aromatic carbocycles. The smallest absolute Gasteiger partial charge is 0.240 e. The summed E-state index contributed by atoms with van der Waals surface area (Å²) in [6.07, 6.45) is 3.06. The molecule has 11 heteroatoms. The van der Waals surface area contributed by atoms with Gasteiger partial charge < -0.3 is 10.2 Å². The topological polar surface area (TPSA) is 79.2 Å². The number of nitrogens with zero attached hydrogens (tertiary/aromatic N) is 6. The van der Waals surface area contributed by atoms with Crippen molar-refractivity contribution in [3.63, 3.8) is 0 Å². The van der Waals surface area contributed by atoms with E-state index in [4.69, 9.17) is 0 Å². The van der Waals surface area contributed by atoms with Crippen LogP contribution in [0.4, 0.5) is 0 Å². The highest BCUT2D eigenvalue weighted by Crippen LogP contribution is 2.29. The number of hydrogen-bond acceptors (Lipinski definition) is 7. The second-order valence-corrected chi connectivity index (χ2v) is 9.98. The molecule has 2 atom stereocenters. The maximum Gasteiger partial charge on any atom is 0.240 e. The summed E-state index contributed by atoms with van der Waals surface area (Å²) in [5, 5.41) is 16.6. The number of nitrogens with one attached hydrogen (secondary N) is 1. The molecule has 8 nitrogen and oxygen atoms in total. The van der Waals surface area contributed by atoms with Gasteiger partial charge in [-0.1, -0.05) is 0 Å². The van der Waals surface area contributed by atoms with Gasteiger partial charge in [0, 0.05) is 30.8 Å². The molecular formula is C18H33Cl2N7OS. The molecule has 29 heavy (non-hydrogen) atoms. The van der Waals surface area contributed by atoms with E-state index >= 15 is 0 Å². The molecule has 0 unspecified atom stereocenters. The van der Waals surface area contributed by atoms with Crippen molar-refractivity contribution in [2.24, 2.45) is 0 Å². The van der Waals surface area contributed by atoms with Crippen LogP contribution in [0.3, 0.4) is 0 Å². The van der Waals surface area contributed by atoms with Crippen LogP contribution >= 0.6 is 36.6 Å². The van der Waals surface area contributed by atoms with Gasteiger partial charge in [0.1, 0.15) is 0 Å². The number of piperidine rings is 1. The summed E-state index contributed by atoms with van der Waals surface area (Å²) in [6, 6.07) is 0.466. The van der Waals surface area contributed by atoms with E-state index in [1.807, 2.05) is 16.7 Å². The SMILES string of the molecule is CC(C)(C)n1nnc(C2CCN([C@@H]3CN[C@H](C(=O)N4CCSC4)C3)CC2)n1.Cl.Cl. The van der Waals surface area contributed by atoms with Crippen molar-refractivity contribution in [1.82, 2.24) is 35.3 Å². The van der Waals surface area contributed by atoms with Crippen molar-refractivity contribution in [1.29, 1.82) is 0 Å². The van der Waals surface area contributed by atoms with Gasteiger partial charge in [-0.3, -0.25) is 9.69 Å². The first-order chi connectivity index (χ1) is 12.9. The van der Waals surface area contributed by atoms with Crippen LogP contribution in [0.1, 0.15) is 51.8 Å². The Balaban J connectivity index is 0.00000150. The third kappa shape index (κ3) is 5.55. The quantitative estimate of drug-likeness (QED) is 0.727. The monoisotopic (exact) mass is 465 g/mol. The highest BCUT2D eigenvalue weighted by Gasteiger charge is 2.37. The zero-order valence-corrected chi connectivity index (χ0v) is 19.9. The van der Waals surface area contributed by atoms with Crippen LogP contribution in [0, 0.1) is 0 Å². The highest BCUT2D eigenvalue weighted by molar-refractivity contribution is 7.99. The molecule has 0 saturated carbocycles. The first kappa shape index (κ1) is 24.7. The van der Waals surface area contributed by atoms with Crippen LogP contribution in [0.25, 0.3) is 0 Å². The van der Waals surface area contributed by atoms with Gasteiger partial charge in [0.2, 0.25) is 5.91 Å². The Morgan fingerprint density at radius 1 is 1.17 bits per heavy atom. The van der Waals surface area contributed by atoms with Gasteiger partial charge in [-0.25, -0.2) is 0 Å². The van der Waals surface area contributed by atoms with Gasteiger partial charge in [0.05, 0.1) is 17.5 Å². The predicted octanol–water partition coefficient (Wildman–Crippen LogP) is 1.71. The third-order valence-corrected chi connectivity index (χ3v) is 6.88. The minimum atomic E-state index is -0.128. The summed E-state index contributed by atoms with van der Waals surface area (Å²) in [5.41, 5.74) is -0.128. The highest BCUT2D eigenvalue weighted by atomic mass is 35.5. The van der Waals surface area contributed by atoms with Crippen LogP contribution in [-0.4, -0.2) is 85.8 Å². The fourth-order valence-electron chi connectivity index (χ4n) is 4.19. The minimum Gasteiger partial charge on any atom is -0.331 e. The number of tetrazole rings is 1. The van der Waals surface area contributed by atoms with E-state index < -0.39 is 0 Å². The molecule has 1 amide bonds. The zero-order chi connectivity index (χ0) is 19.0. The second-order valence-electron chi connectivity index (χ2n) is 8.91. The average Bonchev–Trinajstić information content (AvgIpc) is 3.42. The Labute approximate surface area is 189 Å². The van der Waals surface area contributed by atoms with E-state index in [0.29, 0.717) is 17.9 Å². The Kier molecular flexibility index (Phi) is 8.61. The number of thioether (sulfide) groups is 1. The molecule has 3 saturated heterocycles. The number of carbonyl (C=O) groups is 1. The fraction of sp³-hybridized carbons (Fsp3) is 0.889. The number of hydrogen-bond donors (Lipinski definition) is 1. The Bertz CT molecular complexity index is 669. The van der Waals surface area contributed by atoms with E-state index in [1.54, 1.807) is 4.80 Å². The molecule has 4 heterocycles. The number of rotatable bonds is 3. The van der Waals surface area contributed by atoms with Crippen molar-refractivity contribution < 1.29 is 4.79 Å². The first-order valence-electron chi connectivity index (χ1n) is 10.1. The fourth-order valence-corrected chi connectivity index (χ4v) is 5.14. The molecular weight excluding hydrogens is 433 g/mol. The lowest BCUT2D eigenvalue weighted by molar-refractivity contribution is -0.131. The lowest BCUT2D eigenvalue weighted by Crippen LogP contribution is -2.42. The Morgan fingerprint density at radius 3 is 2.48 bits per heavy atom. The van der Waals surface area contributed by atoms with E-state index in [1.165, 1.54) is 0 Å². The summed E-state index contributed by atoms with van der Waals surface area (Å²) < 4.78 is 0. The predicted molar refractivity (Wildman–Crippen MR) is 120 cm³/mol. The van der Waals surface area contributed by atoms with Crippen molar-refractivity contribution >= 4 is 42.5 Å². The van der Waals surface area contributed by atoms with Crippen LogP contribution in [0.15, 0.2) is 0 Å². The molecule has 0 aliphatic carbocycles. The first-order valence-corrected chi connectivity index (χ1v) is 11.2. The summed E-state index contributed by atoms with van der Waals surface area (Å²) in [4.78, 5) is 18.9. The molecule has 0 spiro atoms. The average molecular weight is 466 g/mol.